The molecule has 1 rings (SSSR count). The molecule has 0 amide bonds. The highest BCUT2D eigenvalue weighted by atomic mass is 16.7. The van der Waals surface area contributed by atoms with Gasteiger partial charge in [0, 0.05) is 12.8 Å². The van der Waals surface area contributed by atoms with Gasteiger partial charge in [-0.15, -0.1) is 4.65 Å². The zero-order valence-electron chi connectivity index (χ0n) is 20.2. The van der Waals surface area contributed by atoms with Crippen molar-refractivity contribution in [2.45, 2.75) is 110 Å². The van der Waals surface area contributed by atoms with Crippen LogP contribution in [0.4, 0.5) is 0 Å². The fourth-order valence-electron chi connectivity index (χ4n) is 3.96. The third-order valence-corrected chi connectivity index (χ3v) is 6.01. The number of benzene rings is 1. The predicted molar refractivity (Wildman–Crippen MR) is 128 cm³/mol. The van der Waals surface area contributed by atoms with Crippen LogP contribution in [-0.2, 0) is 16.1 Å². The highest BCUT2D eigenvalue weighted by Crippen LogP contribution is 2.16. The Morgan fingerprint density at radius 3 is 1.87 bits per heavy atom. The largest absolute Gasteiger partial charge is 0.366 e. The summed E-state index contributed by atoms with van der Waals surface area (Å²) in [5.74, 6) is -0.0360. The second-order valence-electron chi connectivity index (χ2n) is 9.08. The van der Waals surface area contributed by atoms with Crippen LogP contribution in [0, 0.1) is 0 Å². The molecule has 0 saturated carbocycles. The van der Waals surface area contributed by atoms with Crippen molar-refractivity contribution < 1.29 is 14.3 Å². The SMILES string of the molecule is CCCCCCCCCCCC[N+](C)(CCc1ccccc1)OC(=O)CCCCC. The number of nitrogens with zero attached hydrogens (tertiary/aromatic N) is 1. The minimum absolute atomic E-state index is 0.0360. The van der Waals surface area contributed by atoms with Crippen LogP contribution in [0.5, 0.6) is 0 Å². The Kier molecular flexibility index (Phi) is 15.4. The first-order chi connectivity index (χ1) is 14.6. The molecule has 0 aliphatic carbocycles. The Bertz CT molecular complexity index is 531. The summed E-state index contributed by atoms with van der Waals surface area (Å²) in [6.45, 7) is 6.20. The van der Waals surface area contributed by atoms with Gasteiger partial charge in [0.25, 0.3) is 0 Å². The molecule has 1 atom stereocenters. The summed E-state index contributed by atoms with van der Waals surface area (Å²) in [5.41, 5.74) is 1.31. The number of hydrogen-bond acceptors (Lipinski definition) is 2. The van der Waals surface area contributed by atoms with Gasteiger partial charge in [0.15, 0.2) is 0 Å². The van der Waals surface area contributed by atoms with Crippen LogP contribution in [0.15, 0.2) is 30.3 Å². The summed E-state index contributed by atoms with van der Waals surface area (Å²) in [6, 6.07) is 10.5. The molecule has 0 heterocycles. The van der Waals surface area contributed by atoms with Gasteiger partial charge < -0.3 is 0 Å². The molecule has 0 radical (unpaired) electrons. The lowest BCUT2D eigenvalue weighted by Gasteiger charge is -2.31. The smallest absolute Gasteiger partial charge is 0.277 e. The molecule has 0 aromatic heterocycles. The topological polar surface area (TPSA) is 26.3 Å². The normalized spacial score (nSPS) is 13.2. The molecule has 0 spiro atoms. The number of hydroxylamine groups is 3. The van der Waals surface area contributed by atoms with Crippen molar-refractivity contribution in [3.63, 3.8) is 0 Å². The van der Waals surface area contributed by atoms with E-state index >= 15 is 0 Å². The van der Waals surface area contributed by atoms with Gasteiger partial charge >= 0.3 is 5.97 Å². The molecule has 0 bridgehead atoms. The minimum Gasteiger partial charge on any atom is -0.277 e. The van der Waals surface area contributed by atoms with E-state index in [1.807, 2.05) is 0 Å². The number of carbonyl (C=O) groups is 1. The van der Waals surface area contributed by atoms with Gasteiger partial charge in [-0.1, -0.05) is 108 Å². The van der Waals surface area contributed by atoms with Crippen LogP contribution in [0.2, 0.25) is 0 Å². The molecular formula is C27H48NO2+. The van der Waals surface area contributed by atoms with Crippen molar-refractivity contribution in [3.05, 3.63) is 35.9 Å². The quantitative estimate of drug-likeness (QED) is 0.131. The van der Waals surface area contributed by atoms with Crippen LogP contribution < -0.4 is 0 Å². The molecule has 172 valence electrons. The van der Waals surface area contributed by atoms with Crippen molar-refractivity contribution >= 4 is 5.97 Å². The van der Waals surface area contributed by atoms with E-state index in [2.05, 4.69) is 51.2 Å². The average Bonchev–Trinajstić information content (AvgIpc) is 2.75. The third kappa shape index (κ3) is 13.8. The zero-order valence-corrected chi connectivity index (χ0v) is 20.2. The van der Waals surface area contributed by atoms with E-state index in [-0.39, 0.29) is 5.97 Å². The second-order valence-corrected chi connectivity index (χ2v) is 9.08. The second kappa shape index (κ2) is 17.3. The number of hydrogen-bond donors (Lipinski definition) is 0. The van der Waals surface area contributed by atoms with E-state index in [0.29, 0.717) is 11.1 Å². The number of unbranched alkanes of at least 4 members (excludes halogenated alkanes) is 11. The molecule has 1 aromatic rings. The van der Waals surface area contributed by atoms with E-state index in [9.17, 15) is 4.79 Å². The van der Waals surface area contributed by atoms with Gasteiger partial charge in [-0.25, -0.2) is 4.79 Å². The van der Waals surface area contributed by atoms with E-state index in [1.54, 1.807) is 0 Å². The Balaban J connectivity index is 2.35. The summed E-state index contributed by atoms with van der Waals surface area (Å²) in [6.07, 6.45) is 17.9. The van der Waals surface area contributed by atoms with Crippen molar-refractivity contribution in [3.8, 4) is 0 Å². The standard InChI is InChI=1S/C27H48NO2/c1-4-6-8-9-10-11-12-13-14-19-24-28(3,30-27(29)22-16-7-5-2)25-23-26-20-17-15-18-21-26/h15,17-18,20-21H,4-14,16,19,22-25H2,1-3H3/q+1. The van der Waals surface area contributed by atoms with E-state index in [1.165, 1.54) is 63.4 Å². The summed E-state index contributed by atoms with van der Waals surface area (Å²) >= 11 is 0. The highest BCUT2D eigenvalue weighted by molar-refractivity contribution is 5.68. The summed E-state index contributed by atoms with van der Waals surface area (Å²) in [5, 5.41) is 0. The summed E-state index contributed by atoms with van der Waals surface area (Å²) in [4.78, 5) is 18.4. The maximum atomic E-state index is 12.4. The van der Waals surface area contributed by atoms with Gasteiger partial charge in [-0.05, 0) is 18.4 Å². The fraction of sp³-hybridized carbons (Fsp3) is 0.741. The van der Waals surface area contributed by atoms with Gasteiger partial charge in [-0.2, -0.15) is 0 Å². The lowest BCUT2D eigenvalue weighted by Crippen LogP contribution is -2.47. The van der Waals surface area contributed by atoms with Crippen LogP contribution >= 0.6 is 0 Å². The van der Waals surface area contributed by atoms with Gasteiger partial charge in [0.05, 0.1) is 6.42 Å². The molecule has 1 aromatic carbocycles. The molecule has 0 fully saturated rings. The Labute approximate surface area is 186 Å². The third-order valence-electron chi connectivity index (χ3n) is 6.01. The Hall–Kier alpha value is -1.35. The Morgan fingerprint density at radius 1 is 0.733 bits per heavy atom. The molecule has 3 nitrogen and oxygen atoms in total. The van der Waals surface area contributed by atoms with Gasteiger partial charge in [-0.3, -0.25) is 4.84 Å². The van der Waals surface area contributed by atoms with Crippen molar-refractivity contribution in [2.75, 3.05) is 20.1 Å². The first kappa shape index (κ1) is 26.7. The molecule has 1 unspecified atom stereocenters. The van der Waals surface area contributed by atoms with Gasteiger partial charge in [0.1, 0.15) is 20.1 Å². The highest BCUT2D eigenvalue weighted by Gasteiger charge is 2.27. The average molecular weight is 419 g/mol. The summed E-state index contributed by atoms with van der Waals surface area (Å²) < 4.78 is 0.414. The van der Waals surface area contributed by atoms with Crippen molar-refractivity contribution in [1.29, 1.82) is 0 Å². The maximum absolute atomic E-state index is 12.4. The van der Waals surface area contributed by atoms with Crippen LogP contribution in [-0.4, -0.2) is 30.8 Å². The van der Waals surface area contributed by atoms with Gasteiger partial charge in [0.2, 0.25) is 0 Å². The fourth-order valence-corrected chi connectivity index (χ4v) is 3.96. The first-order valence-electron chi connectivity index (χ1n) is 12.7. The number of carbonyl (C=O) groups excluding carboxylic acids is 1. The Morgan fingerprint density at radius 2 is 1.27 bits per heavy atom. The van der Waals surface area contributed by atoms with Crippen LogP contribution in [0.25, 0.3) is 0 Å². The predicted octanol–water partition coefficient (Wildman–Crippen LogP) is 7.64. The van der Waals surface area contributed by atoms with E-state index in [4.69, 9.17) is 4.84 Å². The molecule has 3 heteroatoms. The monoisotopic (exact) mass is 418 g/mol. The first-order valence-corrected chi connectivity index (χ1v) is 12.7. The molecule has 0 aliphatic rings. The molecule has 0 saturated heterocycles. The molecule has 0 aliphatic heterocycles. The summed E-state index contributed by atoms with van der Waals surface area (Å²) in [7, 11) is 2.09. The minimum atomic E-state index is -0.0360. The number of likely N-dealkylation sites (N-methyl/N-ethyl adjacent to an activating group) is 1. The lowest BCUT2D eigenvalue weighted by molar-refractivity contribution is -1.07. The van der Waals surface area contributed by atoms with E-state index in [0.717, 1.165) is 45.2 Å². The van der Waals surface area contributed by atoms with Crippen LogP contribution in [0.1, 0.15) is 109 Å². The number of quaternary nitrogens is 1. The van der Waals surface area contributed by atoms with E-state index < -0.39 is 0 Å². The number of rotatable bonds is 19. The van der Waals surface area contributed by atoms with Crippen molar-refractivity contribution in [2.24, 2.45) is 0 Å². The molecule has 30 heavy (non-hydrogen) atoms. The maximum Gasteiger partial charge on any atom is 0.366 e. The zero-order chi connectivity index (χ0) is 21.9. The van der Waals surface area contributed by atoms with Crippen molar-refractivity contribution in [1.82, 2.24) is 0 Å². The molecule has 0 N–H and O–H groups in total. The van der Waals surface area contributed by atoms with Crippen LogP contribution in [0.3, 0.4) is 0 Å². The molecular weight excluding hydrogens is 370 g/mol. The lowest BCUT2D eigenvalue weighted by atomic mass is 10.1.